The van der Waals surface area contributed by atoms with Crippen molar-refractivity contribution in [2.45, 2.75) is 33.8 Å². The van der Waals surface area contributed by atoms with Gasteiger partial charge in [0.15, 0.2) is 0 Å². The van der Waals surface area contributed by atoms with Crippen LogP contribution in [0.5, 0.6) is 0 Å². The quantitative estimate of drug-likeness (QED) is 0.467. The van der Waals surface area contributed by atoms with Gasteiger partial charge in [-0.2, -0.15) is 0 Å². The summed E-state index contributed by atoms with van der Waals surface area (Å²) in [5.74, 6) is 0.362. The topological polar surface area (TPSA) is 52.4 Å². The van der Waals surface area contributed by atoms with E-state index in [-0.39, 0.29) is 17.9 Å². The molecule has 0 bridgehead atoms. The fraction of sp³-hybridized carbons (Fsp3) is 1.00. The molecule has 0 aromatic rings. The second-order valence-corrected chi connectivity index (χ2v) is 3.28. The van der Waals surface area contributed by atoms with Crippen molar-refractivity contribution in [2.75, 3.05) is 0 Å². The van der Waals surface area contributed by atoms with Gasteiger partial charge in [0.1, 0.15) is 6.10 Å². The Balaban J connectivity index is 4.00. The summed E-state index contributed by atoms with van der Waals surface area (Å²) in [6.07, 6.45) is -0.287. The molecule has 0 radical (unpaired) electrons. The Labute approximate surface area is 66.6 Å². The predicted molar refractivity (Wildman–Crippen MR) is 41.5 cm³/mol. The second kappa shape index (κ2) is 4.16. The summed E-state index contributed by atoms with van der Waals surface area (Å²) in [6.45, 7) is 7.64. The minimum atomic E-state index is -0.718. The Bertz CT molecular complexity index is 126. The van der Waals surface area contributed by atoms with Crippen LogP contribution in [0.4, 0.5) is 0 Å². The molecule has 4 heteroatoms. The summed E-state index contributed by atoms with van der Waals surface area (Å²) in [5, 5.41) is 9.28. The van der Waals surface area contributed by atoms with E-state index in [1.165, 1.54) is 0 Å². The average molecular weight is 161 g/mol. The Morgan fingerprint density at radius 2 is 1.55 bits per heavy atom. The molecule has 0 spiro atoms. The molecule has 0 aliphatic carbocycles. The van der Waals surface area contributed by atoms with Crippen LogP contribution in [-0.4, -0.2) is 11.2 Å². The minimum absolute atomic E-state index is 0.181. The van der Waals surface area contributed by atoms with E-state index in [0.29, 0.717) is 0 Å². The van der Waals surface area contributed by atoms with Gasteiger partial charge >= 0.3 is 0 Å². The van der Waals surface area contributed by atoms with Crippen LogP contribution in [0.1, 0.15) is 27.7 Å². The zero-order chi connectivity index (χ0) is 9.02. The summed E-state index contributed by atoms with van der Waals surface area (Å²) in [5.41, 5.74) is 0. The van der Waals surface area contributed by atoms with E-state index in [2.05, 4.69) is 4.84 Å². The number of rotatable bonds is 4. The predicted octanol–water partition coefficient (Wildman–Crippen LogP) is 1.88. The highest BCUT2D eigenvalue weighted by molar-refractivity contribution is 4.63. The van der Waals surface area contributed by atoms with Crippen molar-refractivity contribution in [3.05, 3.63) is 10.1 Å². The Morgan fingerprint density at radius 3 is 1.64 bits per heavy atom. The summed E-state index contributed by atoms with van der Waals surface area (Å²) < 4.78 is 0. The lowest BCUT2D eigenvalue weighted by molar-refractivity contribution is -0.772. The van der Waals surface area contributed by atoms with Crippen molar-refractivity contribution in [3.8, 4) is 0 Å². The van der Waals surface area contributed by atoms with Crippen molar-refractivity contribution in [3.63, 3.8) is 0 Å². The average Bonchev–Trinajstić information content (AvgIpc) is 1.81. The molecule has 4 nitrogen and oxygen atoms in total. The molecule has 0 amide bonds. The first-order chi connectivity index (χ1) is 4.95. The SMILES string of the molecule is CC(C)C(O[N+](=O)[O-])C(C)C. The zero-order valence-corrected chi connectivity index (χ0v) is 7.40. The fourth-order valence-electron chi connectivity index (χ4n) is 1.11. The third kappa shape index (κ3) is 3.80. The van der Waals surface area contributed by atoms with Crippen LogP contribution in [-0.2, 0) is 4.84 Å². The summed E-state index contributed by atoms with van der Waals surface area (Å²) in [7, 11) is 0. The molecule has 11 heavy (non-hydrogen) atoms. The first-order valence-electron chi connectivity index (χ1n) is 3.76. The third-order valence-electron chi connectivity index (χ3n) is 1.52. The highest BCUT2D eigenvalue weighted by atomic mass is 17.0. The van der Waals surface area contributed by atoms with Gasteiger partial charge in [-0.1, -0.05) is 27.7 Å². The lowest BCUT2D eigenvalue weighted by Crippen LogP contribution is -2.28. The molecule has 0 fully saturated rings. The molecule has 66 valence electrons. The Kier molecular flexibility index (Phi) is 3.85. The minimum Gasteiger partial charge on any atom is -0.310 e. The Hall–Kier alpha value is -0.800. The van der Waals surface area contributed by atoms with Gasteiger partial charge < -0.3 is 4.84 Å². The standard InChI is InChI=1S/C7H15NO3/c1-5(2)7(6(3)4)11-8(9)10/h5-7H,1-4H3. The van der Waals surface area contributed by atoms with E-state index in [1.807, 2.05) is 27.7 Å². The van der Waals surface area contributed by atoms with Gasteiger partial charge in [0.25, 0.3) is 5.09 Å². The Morgan fingerprint density at radius 1 is 1.18 bits per heavy atom. The first kappa shape index (κ1) is 10.2. The summed E-state index contributed by atoms with van der Waals surface area (Å²) in [6, 6.07) is 0. The highest BCUT2D eigenvalue weighted by Gasteiger charge is 2.20. The maximum atomic E-state index is 10.0. The van der Waals surface area contributed by atoms with Crippen LogP contribution >= 0.6 is 0 Å². The van der Waals surface area contributed by atoms with Gasteiger partial charge in [-0.15, -0.1) is 10.1 Å². The van der Waals surface area contributed by atoms with Gasteiger partial charge in [-0.25, -0.2) is 0 Å². The molecular weight excluding hydrogens is 146 g/mol. The largest absolute Gasteiger partial charge is 0.310 e. The third-order valence-corrected chi connectivity index (χ3v) is 1.52. The van der Waals surface area contributed by atoms with E-state index in [4.69, 9.17) is 0 Å². The maximum absolute atomic E-state index is 10.0. The van der Waals surface area contributed by atoms with Gasteiger partial charge in [-0.05, 0) is 11.8 Å². The second-order valence-electron chi connectivity index (χ2n) is 3.28. The fourth-order valence-corrected chi connectivity index (χ4v) is 1.11. The summed E-state index contributed by atoms with van der Waals surface area (Å²) >= 11 is 0. The van der Waals surface area contributed by atoms with Gasteiger partial charge in [0.2, 0.25) is 0 Å². The van der Waals surface area contributed by atoms with Crippen LogP contribution in [0.15, 0.2) is 0 Å². The smallest absolute Gasteiger partial charge is 0.294 e. The molecule has 0 saturated heterocycles. The van der Waals surface area contributed by atoms with Gasteiger partial charge in [0, 0.05) is 0 Å². The van der Waals surface area contributed by atoms with Crippen molar-refractivity contribution in [1.29, 1.82) is 0 Å². The molecule has 0 aliphatic rings. The normalized spacial score (nSPS) is 11.2. The van der Waals surface area contributed by atoms with Crippen molar-refractivity contribution >= 4 is 0 Å². The highest BCUT2D eigenvalue weighted by Crippen LogP contribution is 2.15. The van der Waals surface area contributed by atoms with Crippen molar-refractivity contribution in [2.24, 2.45) is 11.8 Å². The number of nitrogens with zero attached hydrogens (tertiary/aromatic N) is 1. The molecule has 0 aromatic carbocycles. The van der Waals surface area contributed by atoms with Crippen molar-refractivity contribution in [1.82, 2.24) is 0 Å². The lowest BCUT2D eigenvalue weighted by Gasteiger charge is -2.21. The van der Waals surface area contributed by atoms with E-state index >= 15 is 0 Å². The molecule has 0 saturated carbocycles. The van der Waals surface area contributed by atoms with Crippen LogP contribution in [0.3, 0.4) is 0 Å². The number of hydrogen-bond donors (Lipinski definition) is 0. The maximum Gasteiger partial charge on any atom is 0.294 e. The first-order valence-corrected chi connectivity index (χ1v) is 3.76. The van der Waals surface area contributed by atoms with Crippen LogP contribution in [0.2, 0.25) is 0 Å². The monoisotopic (exact) mass is 161 g/mol. The van der Waals surface area contributed by atoms with Crippen molar-refractivity contribution < 1.29 is 9.92 Å². The van der Waals surface area contributed by atoms with Gasteiger partial charge in [0.05, 0.1) is 0 Å². The van der Waals surface area contributed by atoms with E-state index in [1.54, 1.807) is 0 Å². The lowest BCUT2D eigenvalue weighted by atomic mass is 9.97. The summed E-state index contributed by atoms with van der Waals surface area (Å²) in [4.78, 5) is 14.5. The van der Waals surface area contributed by atoms with E-state index in [9.17, 15) is 10.1 Å². The molecule has 0 atom stereocenters. The molecule has 0 aromatic heterocycles. The van der Waals surface area contributed by atoms with Crippen LogP contribution < -0.4 is 0 Å². The number of hydrogen-bond acceptors (Lipinski definition) is 3. The molecule has 0 aliphatic heterocycles. The van der Waals surface area contributed by atoms with Crippen LogP contribution in [0, 0.1) is 22.0 Å². The molecular formula is C7H15NO3. The van der Waals surface area contributed by atoms with E-state index in [0.717, 1.165) is 0 Å². The zero-order valence-electron chi connectivity index (χ0n) is 7.40. The molecule has 0 unspecified atom stereocenters. The molecule has 0 N–H and O–H groups in total. The van der Waals surface area contributed by atoms with E-state index < -0.39 is 5.09 Å². The van der Waals surface area contributed by atoms with Crippen LogP contribution in [0.25, 0.3) is 0 Å². The molecule has 0 heterocycles. The van der Waals surface area contributed by atoms with Gasteiger partial charge in [-0.3, -0.25) is 0 Å². The molecule has 0 rings (SSSR count).